The van der Waals surface area contributed by atoms with Gasteiger partial charge in [0.05, 0.1) is 41.3 Å². The summed E-state index contributed by atoms with van der Waals surface area (Å²) in [4.78, 5) is 37.4. The van der Waals surface area contributed by atoms with E-state index in [4.69, 9.17) is 9.72 Å². The van der Waals surface area contributed by atoms with E-state index in [9.17, 15) is 13.2 Å². The van der Waals surface area contributed by atoms with Gasteiger partial charge in [-0.2, -0.15) is 4.98 Å². The van der Waals surface area contributed by atoms with Gasteiger partial charge in [-0.25, -0.2) is 23.1 Å². The van der Waals surface area contributed by atoms with Crippen LogP contribution in [0.15, 0.2) is 65.8 Å². The minimum absolute atomic E-state index is 0.0562. The highest BCUT2D eigenvalue weighted by Gasteiger charge is 2.32. The third-order valence-electron chi connectivity index (χ3n) is 10.4. The van der Waals surface area contributed by atoms with Gasteiger partial charge >= 0.3 is 0 Å². The smallest absolute Gasteiger partial charge is 0.264 e. The second-order valence-corrected chi connectivity index (χ2v) is 15.7. The number of nitrogens with one attached hydrogen (secondary N) is 1. The van der Waals surface area contributed by atoms with Gasteiger partial charge in [0.25, 0.3) is 15.9 Å². The molecule has 0 spiro atoms. The number of aromatic nitrogens is 4. The van der Waals surface area contributed by atoms with Crippen molar-refractivity contribution in [1.29, 1.82) is 0 Å². The summed E-state index contributed by atoms with van der Waals surface area (Å²) in [7, 11) is -4.16. The fraction of sp³-hybridized carbons (Fsp3) is 0.447. The van der Waals surface area contributed by atoms with E-state index in [2.05, 4.69) is 31.5 Å². The van der Waals surface area contributed by atoms with Gasteiger partial charge in [-0.15, -0.1) is 0 Å². The van der Waals surface area contributed by atoms with E-state index in [1.54, 1.807) is 35.5 Å². The van der Waals surface area contributed by atoms with Crippen LogP contribution in [-0.4, -0.2) is 64.4 Å². The predicted octanol–water partition coefficient (Wildman–Crippen LogP) is 6.71. The molecule has 1 saturated heterocycles. The lowest BCUT2D eigenvalue weighted by Gasteiger charge is -2.35. The molecule has 50 heavy (non-hydrogen) atoms. The number of rotatable bonds is 6. The Kier molecular flexibility index (Phi) is 9.72. The maximum absolute atomic E-state index is 14.6. The van der Waals surface area contributed by atoms with Crippen molar-refractivity contribution in [3.05, 3.63) is 83.3 Å². The topological polar surface area (TPSA) is 131 Å². The van der Waals surface area contributed by atoms with Gasteiger partial charge in [0, 0.05) is 29.8 Å². The first-order valence-electron chi connectivity index (χ1n) is 17.7. The van der Waals surface area contributed by atoms with Crippen molar-refractivity contribution < 1.29 is 17.9 Å². The van der Waals surface area contributed by atoms with Crippen LogP contribution in [0.5, 0.6) is 5.88 Å². The van der Waals surface area contributed by atoms with Crippen LogP contribution in [0, 0.1) is 19.8 Å². The number of hydrogen-bond donors (Lipinski definition) is 1. The minimum atomic E-state index is -4.16. The number of amides is 1. The van der Waals surface area contributed by atoms with Crippen molar-refractivity contribution in [1.82, 2.24) is 24.8 Å². The molecule has 3 aliphatic rings. The second kappa shape index (κ2) is 14.3. The number of sulfonamides is 1. The Hall–Kier alpha value is -4.58. The first-order valence-corrected chi connectivity index (χ1v) is 19.2. The molecule has 1 aliphatic carbocycles. The Morgan fingerprint density at radius 1 is 0.920 bits per heavy atom. The molecule has 2 atom stereocenters. The molecular weight excluding hydrogens is 651 g/mol. The number of hydrogen-bond acceptors (Lipinski definition) is 9. The highest BCUT2D eigenvalue weighted by molar-refractivity contribution is 7.92. The quantitative estimate of drug-likeness (QED) is 0.234. The van der Waals surface area contributed by atoms with E-state index >= 15 is 0 Å². The van der Waals surface area contributed by atoms with E-state index in [1.165, 1.54) is 18.6 Å². The molecule has 4 heterocycles. The fourth-order valence-electron chi connectivity index (χ4n) is 7.72. The largest absolute Gasteiger partial charge is 0.475 e. The van der Waals surface area contributed by atoms with Crippen molar-refractivity contribution in [2.75, 3.05) is 22.8 Å². The predicted molar refractivity (Wildman–Crippen MR) is 193 cm³/mol. The van der Waals surface area contributed by atoms with E-state index < -0.39 is 10.0 Å². The normalized spacial score (nSPS) is 21.1. The van der Waals surface area contributed by atoms with Gasteiger partial charge in [0.1, 0.15) is 12.4 Å². The summed E-state index contributed by atoms with van der Waals surface area (Å²) < 4.78 is 36.6. The van der Waals surface area contributed by atoms with Gasteiger partial charge < -0.3 is 14.5 Å². The van der Waals surface area contributed by atoms with E-state index in [0.29, 0.717) is 23.3 Å². The lowest BCUT2D eigenvalue weighted by molar-refractivity contribution is 0.0541. The standard InChI is InChI=1S/C38H45N7O4S/c1-25-10-8-11-26(2)36(25)33-20-35-42-38(41-33)43-50(47,48)32-16-9-15-29(19-32)37(46)45(31(24-49-35)18-28-13-4-5-14-28)23-30-21-39-22-34(40-30)44-17-7-6-12-27(44)3/h8-11,15-16,19-22,27-28,31H,4-7,12-14,17-18,23-24H2,1-3H3,(H,41,42,43)/t27-,31-/m1/s1. The van der Waals surface area contributed by atoms with Gasteiger partial charge in [-0.3, -0.25) is 9.78 Å². The summed E-state index contributed by atoms with van der Waals surface area (Å²) in [6.07, 6.45) is 12.2. The molecule has 0 radical (unpaired) electrons. The number of ether oxygens (including phenoxy) is 1. The van der Waals surface area contributed by atoms with E-state index in [-0.39, 0.29) is 47.4 Å². The van der Waals surface area contributed by atoms with Crippen molar-refractivity contribution in [3.8, 4) is 17.1 Å². The lowest BCUT2D eigenvalue weighted by atomic mass is 9.97. The summed E-state index contributed by atoms with van der Waals surface area (Å²) >= 11 is 0. The number of benzene rings is 2. The van der Waals surface area contributed by atoms with Crippen molar-refractivity contribution >= 4 is 27.7 Å². The number of fused-ring (bicyclic) bond motifs is 4. The number of piperidine rings is 1. The third-order valence-corrected chi connectivity index (χ3v) is 11.7. The Labute approximate surface area is 294 Å². The number of anilines is 2. The average molecular weight is 696 g/mol. The highest BCUT2D eigenvalue weighted by Crippen LogP contribution is 2.33. The maximum atomic E-state index is 14.6. The van der Waals surface area contributed by atoms with Crippen molar-refractivity contribution in [3.63, 3.8) is 0 Å². The summed E-state index contributed by atoms with van der Waals surface area (Å²) in [6.45, 7) is 7.47. The van der Waals surface area contributed by atoms with Crippen LogP contribution in [-0.2, 0) is 16.6 Å². The molecule has 2 aliphatic heterocycles. The summed E-state index contributed by atoms with van der Waals surface area (Å²) in [6, 6.07) is 13.9. The molecule has 1 amide bonds. The zero-order valence-electron chi connectivity index (χ0n) is 29.0. The molecule has 12 heteroatoms. The van der Waals surface area contributed by atoms with Gasteiger partial charge in [0.2, 0.25) is 11.8 Å². The lowest BCUT2D eigenvalue weighted by Crippen LogP contribution is -2.44. The molecule has 2 aromatic heterocycles. The molecule has 2 aromatic carbocycles. The van der Waals surface area contributed by atoms with Crippen LogP contribution < -0.4 is 14.4 Å². The third kappa shape index (κ3) is 7.31. The number of aryl methyl sites for hydroxylation is 2. The molecule has 4 bridgehead atoms. The van der Waals surface area contributed by atoms with E-state index in [1.807, 2.05) is 32.0 Å². The van der Waals surface area contributed by atoms with E-state index in [0.717, 1.165) is 74.0 Å². The Bertz CT molecular complexity index is 1960. The number of carbonyl (C=O) groups is 1. The maximum Gasteiger partial charge on any atom is 0.264 e. The van der Waals surface area contributed by atoms with Crippen LogP contribution >= 0.6 is 0 Å². The summed E-state index contributed by atoms with van der Waals surface area (Å²) in [5.74, 6) is 1.08. The Morgan fingerprint density at radius 3 is 2.46 bits per heavy atom. The molecule has 0 unspecified atom stereocenters. The zero-order chi connectivity index (χ0) is 34.8. The Balaban J connectivity index is 1.32. The monoisotopic (exact) mass is 695 g/mol. The van der Waals surface area contributed by atoms with Gasteiger partial charge in [-0.05, 0) is 81.7 Å². The first-order chi connectivity index (χ1) is 24.1. The molecule has 7 rings (SSSR count). The molecule has 1 saturated carbocycles. The molecule has 2 fully saturated rings. The molecule has 1 N–H and O–H groups in total. The molecule has 4 aromatic rings. The average Bonchev–Trinajstić information content (AvgIpc) is 3.62. The molecule has 11 nitrogen and oxygen atoms in total. The van der Waals surface area contributed by atoms with Gasteiger partial charge in [-0.1, -0.05) is 49.9 Å². The molecule has 262 valence electrons. The fourth-order valence-corrected chi connectivity index (χ4v) is 8.71. The Morgan fingerprint density at radius 2 is 1.68 bits per heavy atom. The first kappa shape index (κ1) is 33.9. The van der Waals surface area contributed by atoms with Crippen LogP contribution in [0.1, 0.15) is 85.5 Å². The minimum Gasteiger partial charge on any atom is -0.475 e. The zero-order valence-corrected chi connectivity index (χ0v) is 29.8. The summed E-state index contributed by atoms with van der Waals surface area (Å²) in [5.41, 5.74) is 4.35. The van der Waals surface area contributed by atoms with Crippen LogP contribution in [0.25, 0.3) is 11.3 Å². The van der Waals surface area contributed by atoms with Crippen molar-refractivity contribution in [2.45, 2.75) is 95.7 Å². The van der Waals surface area contributed by atoms with Gasteiger partial charge in [0.15, 0.2) is 0 Å². The number of nitrogens with zero attached hydrogens (tertiary/aromatic N) is 6. The highest BCUT2D eigenvalue weighted by atomic mass is 32.2. The van der Waals surface area contributed by atoms with Crippen molar-refractivity contribution in [2.24, 2.45) is 5.92 Å². The molecular formula is C38H45N7O4S. The number of carbonyl (C=O) groups excluding carboxylic acids is 1. The second-order valence-electron chi connectivity index (χ2n) is 14.0. The van der Waals surface area contributed by atoms with Crippen LogP contribution in [0.3, 0.4) is 0 Å². The van der Waals surface area contributed by atoms with Crippen LogP contribution in [0.2, 0.25) is 0 Å². The van der Waals surface area contributed by atoms with Crippen LogP contribution in [0.4, 0.5) is 11.8 Å². The summed E-state index contributed by atoms with van der Waals surface area (Å²) in [5, 5.41) is 0. The SMILES string of the molecule is Cc1cccc(C)c1-c1cc2nc(n1)NS(=O)(=O)c1cccc(c1)C(=O)N(Cc1cncc(N3CCCC[C@H]3C)n1)[C@H](CC1CCCC1)CO2.